The maximum atomic E-state index is 13.1. The largest absolute Gasteiger partial charge is 0.322 e. The van der Waals surface area contributed by atoms with Crippen LogP contribution < -0.4 is 5.32 Å². The highest BCUT2D eigenvalue weighted by molar-refractivity contribution is 6.06. The number of nitro benzene ring substituents is 2. The van der Waals surface area contributed by atoms with Crippen molar-refractivity contribution in [1.82, 2.24) is 0 Å². The second-order valence-corrected chi connectivity index (χ2v) is 4.73. The molecule has 0 heterocycles. The second kappa shape index (κ2) is 6.36. The van der Waals surface area contributed by atoms with Crippen molar-refractivity contribution in [2.75, 3.05) is 5.32 Å². The normalized spacial score (nSPS) is 10.3. The number of nitrogens with zero attached hydrogens (tertiary/aromatic N) is 2. The molecule has 0 fully saturated rings. The molecule has 8 nitrogen and oxygen atoms in total. The third-order valence-electron chi connectivity index (χ3n) is 3.19. The summed E-state index contributed by atoms with van der Waals surface area (Å²) < 4.78 is 26.0. The number of non-ortho nitro benzene ring substituents is 1. The Morgan fingerprint density at radius 2 is 1.71 bits per heavy atom. The van der Waals surface area contributed by atoms with Gasteiger partial charge in [-0.15, -0.1) is 0 Å². The van der Waals surface area contributed by atoms with Crippen LogP contribution in [0, 0.1) is 38.8 Å². The summed E-state index contributed by atoms with van der Waals surface area (Å²) in [6.45, 7) is 1.25. The van der Waals surface area contributed by atoms with Gasteiger partial charge in [-0.25, -0.2) is 8.78 Å². The molecule has 0 unspecified atom stereocenters. The van der Waals surface area contributed by atoms with E-state index < -0.39 is 38.8 Å². The number of amides is 1. The Kier molecular flexibility index (Phi) is 4.49. The fraction of sp³-hybridized carbons (Fsp3) is 0.0714. The zero-order chi connectivity index (χ0) is 18.0. The van der Waals surface area contributed by atoms with Gasteiger partial charge in [0.2, 0.25) is 0 Å². The quantitative estimate of drug-likeness (QED) is 0.678. The lowest BCUT2D eigenvalue weighted by Crippen LogP contribution is -2.15. The standard InChI is InChI=1S/C14H9F2N3O5/c1-7-10(5-9(18(21)22)6-13(7)19(23)24)14(20)17-8-2-3-11(15)12(16)4-8/h2-6H,1H3,(H,17,20). The van der Waals surface area contributed by atoms with Crippen molar-refractivity contribution in [3.63, 3.8) is 0 Å². The number of anilines is 1. The van der Waals surface area contributed by atoms with Crippen LogP contribution in [0.15, 0.2) is 30.3 Å². The van der Waals surface area contributed by atoms with Crippen LogP contribution >= 0.6 is 0 Å². The lowest BCUT2D eigenvalue weighted by atomic mass is 10.0. The van der Waals surface area contributed by atoms with Crippen LogP contribution in [0.4, 0.5) is 25.8 Å². The zero-order valence-electron chi connectivity index (χ0n) is 12.1. The summed E-state index contributed by atoms with van der Waals surface area (Å²) >= 11 is 0. The van der Waals surface area contributed by atoms with E-state index in [4.69, 9.17) is 0 Å². The highest BCUT2D eigenvalue weighted by Gasteiger charge is 2.24. The van der Waals surface area contributed by atoms with Gasteiger partial charge in [0.1, 0.15) is 0 Å². The number of carbonyl (C=O) groups excluding carboxylic acids is 1. The maximum Gasteiger partial charge on any atom is 0.279 e. The van der Waals surface area contributed by atoms with Crippen LogP contribution in [-0.2, 0) is 0 Å². The summed E-state index contributed by atoms with van der Waals surface area (Å²) in [5.41, 5.74) is -1.75. The summed E-state index contributed by atoms with van der Waals surface area (Å²) in [6, 6.07) is 4.20. The average Bonchev–Trinajstić information content (AvgIpc) is 2.50. The molecule has 2 aromatic carbocycles. The summed E-state index contributed by atoms with van der Waals surface area (Å²) in [6.07, 6.45) is 0. The first-order valence-electron chi connectivity index (χ1n) is 6.40. The van der Waals surface area contributed by atoms with E-state index in [1.54, 1.807) is 0 Å². The van der Waals surface area contributed by atoms with Crippen molar-refractivity contribution >= 4 is 23.0 Å². The lowest BCUT2D eigenvalue weighted by molar-refractivity contribution is -0.394. The molecular weight excluding hydrogens is 328 g/mol. The Morgan fingerprint density at radius 3 is 2.25 bits per heavy atom. The van der Waals surface area contributed by atoms with Gasteiger partial charge in [0.05, 0.1) is 21.5 Å². The summed E-state index contributed by atoms with van der Waals surface area (Å²) in [5.74, 6) is -3.24. The van der Waals surface area contributed by atoms with E-state index in [0.717, 1.165) is 24.3 Å². The van der Waals surface area contributed by atoms with Gasteiger partial charge >= 0.3 is 0 Å². The zero-order valence-corrected chi connectivity index (χ0v) is 12.1. The van der Waals surface area contributed by atoms with Gasteiger partial charge in [0, 0.05) is 23.4 Å². The Hall–Kier alpha value is -3.43. The molecule has 0 aromatic heterocycles. The number of nitro groups is 2. The molecule has 2 rings (SSSR count). The maximum absolute atomic E-state index is 13.1. The minimum Gasteiger partial charge on any atom is -0.322 e. The minimum absolute atomic E-state index is 0.0920. The van der Waals surface area contributed by atoms with Crippen LogP contribution in [0.5, 0.6) is 0 Å². The summed E-state index contributed by atoms with van der Waals surface area (Å²) in [4.78, 5) is 32.3. The monoisotopic (exact) mass is 337 g/mol. The molecule has 10 heteroatoms. The predicted molar refractivity (Wildman–Crippen MR) is 78.8 cm³/mol. The number of benzene rings is 2. The van der Waals surface area contributed by atoms with E-state index in [1.165, 1.54) is 6.92 Å². The van der Waals surface area contributed by atoms with Crippen LogP contribution in [0.2, 0.25) is 0 Å². The number of carbonyl (C=O) groups is 1. The van der Waals surface area contributed by atoms with E-state index in [2.05, 4.69) is 5.32 Å². The molecule has 0 spiro atoms. The molecule has 0 saturated carbocycles. The van der Waals surface area contributed by atoms with Gasteiger partial charge in [-0.1, -0.05) is 0 Å². The molecule has 0 bridgehead atoms. The van der Waals surface area contributed by atoms with E-state index in [0.29, 0.717) is 6.07 Å². The Bertz CT molecular complexity index is 870. The average molecular weight is 337 g/mol. The molecule has 0 atom stereocenters. The first kappa shape index (κ1) is 16.9. The highest BCUT2D eigenvalue weighted by atomic mass is 19.2. The number of rotatable bonds is 4. The molecule has 0 aliphatic carbocycles. The smallest absolute Gasteiger partial charge is 0.279 e. The van der Waals surface area contributed by atoms with Gasteiger partial charge in [-0.3, -0.25) is 25.0 Å². The van der Waals surface area contributed by atoms with Crippen LogP contribution in [0.1, 0.15) is 15.9 Å². The predicted octanol–water partition coefficient (Wildman–Crippen LogP) is 3.34. The van der Waals surface area contributed by atoms with E-state index in [-0.39, 0.29) is 16.8 Å². The van der Waals surface area contributed by atoms with Crippen LogP contribution in [0.3, 0.4) is 0 Å². The first-order valence-corrected chi connectivity index (χ1v) is 6.40. The summed E-state index contributed by atoms with van der Waals surface area (Å²) in [5, 5.41) is 24.0. The Balaban J connectivity index is 2.46. The van der Waals surface area contributed by atoms with Crippen molar-refractivity contribution in [2.45, 2.75) is 6.92 Å². The molecule has 0 aliphatic heterocycles. The molecule has 0 radical (unpaired) electrons. The van der Waals surface area contributed by atoms with E-state index in [1.807, 2.05) is 0 Å². The second-order valence-electron chi connectivity index (χ2n) is 4.73. The first-order chi connectivity index (χ1) is 11.2. The van der Waals surface area contributed by atoms with Crippen molar-refractivity contribution in [2.24, 2.45) is 0 Å². The topological polar surface area (TPSA) is 115 Å². The van der Waals surface area contributed by atoms with Gasteiger partial charge in [0.15, 0.2) is 11.6 Å². The Labute approximate surface area is 133 Å². The third kappa shape index (κ3) is 3.32. The SMILES string of the molecule is Cc1c(C(=O)Nc2ccc(F)c(F)c2)cc([N+](=O)[O-])cc1[N+](=O)[O-]. The number of nitrogens with one attached hydrogen (secondary N) is 1. The van der Waals surface area contributed by atoms with Gasteiger partial charge in [-0.05, 0) is 19.1 Å². The fourth-order valence-electron chi connectivity index (χ4n) is 1.99. The molecule has 1 N–H and O–H groups in total. The number of hydrogen-bond donors (Lipinski definition) is 1. The minimum atomic E-state index is -1.20. The number of halogens is 2. The van der Waals surface area contributed by atoms with Crippen molar-refractivity contribution in [1.29, 1.82) is 0 Å². The molecule has 2 aromatic rings. The molecule has 124 valence electrons. The van der Waals surface area contributed by atoms with Crippen LogP contribution in [-0.4, -0.2) is 15.8 Å². The van der Waals surface area contributed by atoms with Crippen molar-refractivity contribution < 1.29 is 23.4 Å². The molecule has 24 heavy (non-hydrogen) atoms. The van der Waals surface area contributed by atoms with Crippen molar-refractivity contribution in [3.8, 4) is 0 Å². The molecule has 1 amide bonds. The lowest BCUT2D eigenvalue weighted by Gasteiger charge is -2.08. The van der Waals surface area contributed by atoms with Gasteiger partial charge < -0.3 is 5.32 Å². The molecule has 0 saturated heterocycles. The Morgan fingerprint density at radius 1 is 1.04 bits per heavy atom. The van der Waals surface area contributed by atoms with Gasteiger partial charge in [-0.2, -0.15) is 0 Å². The highest BCUT2D eigenvalue weighted by Crippen LogP contribution is 2.28. The number of hydrogen-bond acceptors (Lipinski definition) is 5. The van der Waals surface area contributed by atoms with Crippen LogP contribution in [0.25, 0.3) is 0 Å². The summed E-state index contributed by atoms with van der Waals surface area (Å²) in [7, 11) is 0. The molecular formula is C14H9F2N3O5. The fourth-order valence-corrected chi connectivity index (χ4v) is 1.99. The third-order valence-corrected chi connectivity index (χ3v) is 3.19. The van der Waals surface area contributed by atoms with E-state index in [9.17, 15) is 33.8 Å². The van der Waals surface area contributed by atoms with Crippen molar-refractivity contribution in [3.05, 3.63) is 73.3 Å². The van der Waals surface area contributed by atoms with E-state index >= 15 is 0 Å². The molecule has 0 aliphatic rings. The van der Waals surface area contributed by atoms with Gasteiger partial charge in [0.25, 0.3) is 17.3 Å².